The number of aromatic nitrogens is 2. The predicted octanol–water partition coefficient (Wildman–Crippen LogP) is 3.44. The lowest BCUT2D eigenvalue weighted by Gasteiger charge is -2.28. The Morgan fingerprint density at radius 2 is 2.06 bits per heavy atom. The van der Waals surface area contributed by atoms with Crippen LogP contribution in [0.5, 0.6) is 0 Å². The smallest absolute Gasteiger partial charge is 0.0540 e. The Morgan fingerprint density at radius 1 is 1.28 bits per heavy atom. The lowest BCUT2D eigenvalue weighted by atomic mass is 9.82. The van der Waals surface area contributed by atoms with E-state index in [2.05, 4.69) is 32.1 Å². The molecule has 1 aromatic rings. The summed E-state index contributed by atoms with van der Waals surface area (Å²) in [6.45, 7) is 7.88. The fourth-order valence-corrected chi connectivity index (χ4v) is 2.95. The van der Waals surface area contributed by atoms with Gasteiger partial charge in [0.15, 0.2) is 0 Å². The molecule has 0 amide bonds. The van der Waals surface area contributed by atoms with Gasteiger partial charge in [0.1, 0.15) is 0 Å². The minimum atomic E-state index is -0.153. The van der Waals surface area contributed by atoms with Gasteiger partial charge in [0.25, 0.3) is 0 Å². The molecule has 0 bridgehead atoms. The molecule has 1 saturated carbocycles. The Morgan fingerprint density at radius 3 is 2.78 bits per heavy atom. The topological polar surface area (TPSA) is 43.8 Å². The third-order valence-electron chi connectivity index (χ3n) is 4.39. The van der Waals surface area contributed by atoms with Crippen molar-refractivity contribution in [3.63, 3.8) is 0 Å². The standard InChI is InChI=1S/C15H27N3/c1-4-10-18-12-13(11-17-18)15(16)7-5-6-14(2,3)8-9-15/h11-12H,4-10,16H2,1-3H3. The summed E-state index contributed by atoms with van der Waals surface area (Å²) in [5, 5.41) is 4.43. The van der Waals surface area contributed by atoms with Crippen LogP contribution in [0.15, 0.2) is 12.4 Å². The van der Waals surface area contributed by atoms with Gasteiger partial charge in [0.2, 0.25) is 0 Å². The molecule has 1 fully saturated rings. The number of rotatable bonds is 3. The lowest BCUT2D eigenvalue weighted by molar-refractivity contribution is 0.299. The summed E-state index contributed by atoms with van der Waals surface area (Å²) in [4.78, 5) is 0. The molecule has 1 heterocycles. The number of nitrogens with zero attached hydrogens (tertiary/aromatic N) is 2. The summed E-state index contributed by atoms with van der Waals surface area (Å²) >= 11 is 0. The van der Waals surface area contributed by atoms with Crippen LogP contribution in [0.1, 0.15) is 64.9 Å². The SMILES string of the molecule is CCCn1cc(C2(N)CCCC(C)(C)CC2)cn1. The molecule has 2 rings (SSSR count). The second-order valence-electron chi connectivity index (χ2n) is 6.67. The van der Waals surface area contributed by atoms with E-state index in [9.17, 15) is 0 Å². The van der Waals surface area contributed by atoms with Gasteiger partial charge in [-0.05, 0) is 37.5 Å². The quantitative estimate of drug-likeness (QED) is 0.834. The lowest BCUT2D eigenvalue weighted by Crippen LogP contribution is -2.36. The van der Waals surface area contributed by atoms with Crippen LogP contribution >= 0.6 is 0 Å². The molecule has 0 spiro atoms. The molecule has 1 atom stereocenters. The van der Waals surface area contributed by atoms with Gasteiger partial charge < -0.3 is 5.73 Å². The normalized spacial score (nSPS) is 28.0. The summed E-state index contributed by atoms with van der Waals surface area (Å²) in [6.07, 6.45) is 11.1. The van der Waals surface area contributed by atoms with Crippen molar-refractivity contribution < 1.29 is 0 Å². The van der Waals surface area contributed by atoms with Crippen LogP contribution in [-0.2, 0) is 12.1 Å². The molecular formula is C15H27N3. The zero-order valence-electron chi connectivity index (χ0n) is 12.1. The van der Waals surface area contributed by atoms with Crippen LogP contribution in [-0.4, -0.2) is 9.78 Å². The van der Waals surface area contributed by atoms with Gasteiger partial charge in [0.05, 0.1) is 6.20 Å². The first kappa shape index (κ1) is 13.6. The molecule has 102 valence electrons. The molecule has 0 aromatic carbocycles. The molecule has 0 aliphatic heterocycles. The van der Waals surface area contributed by atoms with Gasteiger partial charge in [-0.25, -0.2) is 0 Å². The number of hydrogen-bond donors (Lipinski definition) is 1. The van der Waals surface area contributed by atoms with Crippen molar-refractivity contribution in [1.29, 1.82) is 0 Å². The van der Waals surface area contributed by atoms with Gasteiger partial charge >= 0.3 is 0 Å². The van der Waals surface area contributed by atoms with Crippen LogP contribution in [0, 0.1) is 5.41 Å². The van der Waals surface area contributed by atoms with E-state index < -0.39 is 0 Å². The first-order valence-electron chi connectivity index (χ1n) is 7.27. The van der Waals surface area contributed by atoms with Gasteiger partial charge in [0, 0.05) is 23.8 Å². The van der Waals surface area contributed by atoms with Crippen molar-refractivity contribution in [3.8, 4) is 0 Å². The minimum Gasteiger partial charge on any atom is -0.321 e. The number of nitrogens with two attached hydrogens (primary N) is 1. The van der Waals surface area contributed by atoms with E-state index in [1.54, 1.807) is 0 Å². The van der Waals surface area contributed by atoms with Gasteiger partial charge in [-0.1, -0.05) is 27.2 Å². The van der Waals surface area contributed by atoms with Crippen LogP contribution in [0.4, 0.5) is 0 Å². The Bertz CT molecular complexity index is 394. The van der Waals surface area contributed by atoms with E-state index in [1.165, 1.54) is 24.8 Å². The maximum absolute atomic E-state index is 6.66. The van der Waals surface area contributed by atoms with Crippen LogP contribution in [0.2, 0.25) is 0 Å². The summed E-state index contributed by atoms with van der Waals surface area (Å²) in [6, 6.07) is 0. The Labute approximate surface area is 111 Å². The van der Waals surface area contributed by atoms with Gasteiger partial charge in [-0.15, -0.1) is 0 Å². The van der Waals surface area contributed by atoms with Crippen molar-refractivity contribution in [1.82, 2.24) is 9.78 Å². The van der Waals surface area contributed by atoms with E-state index in [0.717, 1.165) is 25.8 Å². The zero-order chi connectivity index (χ0) is 13.2. The van der Waals surface area contributed by atoms with E-state index in [0.29, 0.717) is 5.41 Å². The van der Waals surface area contributed by atoms with Gasteiger partial charge in [-0.2, -0.15) is 5.10 Å². The Kier molecular flexibility index (Phi) is 3.81. The fraction of sp³-hybridized carbons (Fsp3) is 0.800. The summed E-state index contributed by atoms with van der Waals surface area (Å²) in [5.41, 5.74) is 8.18. The largest absolute Gasteiger partial charge is 0.321 e. The maximum atomic E-state index is 6.66. The second-order valence-corrected chi connectivity index (χ2v) is 6.67. The molecule has 18 heavy (non-hydrogen) atoms. The zero-order valence-corrected chi connectivity index (χ0v) is 12.1. The fourth-order valence-electron chi connectivity index (χ4n) is 2.95. The van der Waals surface area contributed by atoms with Gasteiger partial charge in [-0.3, -0.25) is 4.68 Å². The molecule has 2 N–H and O–H groups in total. The average Bonchev–Trinajstić information content (AvgIpc) is 2.71. The van der Waals surface area contributed by atoms with E-state index in [4.69, 9.17) is 5.73 Å². The van der Waals surface area contributed by atoms with Crippen LogP contribution < -0.4 is 5.73 Å². The van der Waals surface area contributed by atoms with E-state index in [-0.39, 0.29) is 5.54 Å². The highest BCUT2D eigenvalue weighted by molar-refractivity contribution is 5.18. The minimum absolute atomic E-state index is 0.153. The second kappa shape index (κ2) is 5.04. The predicted molar refractivity (Wildman–Crippen MR) is 75.2 cm³/mol. The van der Waals surface area contributed by atoms with Crippen LogP contribution in [0.25, 0.3) is 0 Å². The Balaban J connectivity index is 2.14. The molecule has 0 saturated heterocycles. The maximum Gasteiger partial charge on any atom is 0.0540 e. The third-order valence-corrected chi connectivity index (χ3v) is 4.39. The molecule has 3 nitrogen and oxygen atoms in total. The Hall–Kier alpha value is -0.830. The number of hydrogen-bond acceptors (Lipinski definition) is 2. The molecule has 1 unspecified atom stereocenters. The monoisotopic (exact) mass is 249 g/mol. The molecule has 1 aromatic heterocycles. The molecule has 1 aliphatic rings. The van der Waals surface area contributed by atoms with Crippen molar-refractivity contribution in [3.05, 3.63) is 18.0 Å². The van der Waals surface area contributed by atoms with E-state index in [1.807, 2.05) is 10.9 Å². The van der Waals surface area contributed by atoms with Crippen molar-refractivity contribution in [2.75, 3.05) is 0 Å². The van der Waals surface area contributed by atoms with Crippen LogP contribution in [0.3, 0.4) is 0 Å². The van der Waals surface area contributed by atoms with E-state index >= 15 is 0 Å². The highest BCUT2D eigenvalue weighted by Crippen LogP contribution is 2.41. The first-order chi connectivity index (χ1) is 8.45. The summed E-state index contributed by atoms with van der Waals surface area (Å²) < 4.78 is 2.03. The molecular weight excluding hydrogens is 222 g/mol. The third kappa shape index (κ3) is 2.94. The highest BCUT2D eigenvalue weighted by Gasteiger charge is 2.34. The average molecular weight is 249 g/mol. The highest BCUT2D eigenvalue weighted by atomic mass is 15.3. The summed E-state index contributed by atoms with van der Waals surface area (Å²) in [7, 11) is 0. The van der Waals surface area contributed by atoms with Crippen molar-refractivity contribution >= 4 is 0 Å². The van der Waals surface area contributed by atoms with Crippen molar-refractivity contribution in [2.45, 2.75) is 71.4 Å². The summed E-state index contributed by atoms with van der Waals surface area (Å²) in [5.74, 6) is 0. The molecule has 0 radical (unpaired) electrons. The molecule has 3 heteroatoms. The number of aryl methyl sites for hydroxylation is 1. The van der Waals surface area contributed by atoms with Crippen molar-refractivity contribution in [2.24, 2.45) is 11.1 Å². The first-order valence-corrected chi connectivity index (χ1v) is 7.27. The molecule has 1 aliphatic carbocycles.